The Hall–Kier alpha value is -2.46. The number of nitrogens with zero attached hydrogens (tertiary/aromatic N) is 1. The molecule has 0 bridgehead atoms. The number of hydrogen-bond donors (Lipinski definition) is 0. The fourth-order valence-electron chi connectivity index (χ4n) is 3.71. The number of carbonyl (C=O) groups is 2. The van der Waals surface area contributed by atoms with Gasteiger partial charge in [0.2, 0.25) is 0 Å². The maximum atomic E-state index is 12.4. The number of aryl methyl sites for hydroxylation is 1. The van der Waals surface area contributed by atoms with Gasteiger partial charge in [-0.15, -0.1) is 0 Å². The number of hydrogen-bond acceptors (Lipinski definition) is 3. The summed E-state index contributed by atoms with van der Waals surface area (Å²) in [5.74, 6) is -0.395. The van der Waals surface area contributed by atoms with Gasteiger partial charge >= 0.3 is 0 Å². The van der Waals surface area contributed by atoms with Gasteiger partial charge in [0.05, 0.1) is 29.9 Å². The number of carbonyl (C=O) groups excluding carboxylic acids is 2. The second-order valence-corrected chi connectivity index (χ2v) is 6.75. The molecule has 2 aliphatic heterocycles. The highest BCUT2D eigenvalue weighted by molar-refractivity contribution is 6.21. The Morgan fingerprint density at radius 3 is 2.12 bits per heavy atom. The molecule has 128 valence electrons. The van der Waals surface area contributed by atoms with Crippen molar-refractivity contribution in [1.82, 2.24) is 4.90 Å². The van der Waals surface area contributed by atoms with Crippen LogP contribution >= 0.6 is 0 Å². The van der Waals surface area contributed by atoms with E-state index in [1.54, 1.807) is 24.3 Å². The molecule has 0 aliphatic carbocycles. The van der Waals surface area contributed by atoms with Gasteiger partial charge in [0.1, 0.15) is 0 Å². The van der Waals surface area contributed by atoms with Gasteiger partial charge in [-0.3, -0.25) is 14.5 Å². The molecule has 4 heteroatoms. The number of rotatable bonds is 5. The Bertz CT molecular complexity index is 752. The van der Waals surface area contributed by atoms with Crippen molar-refractivity contribution in [2.24, 2.45) is 0 Å². The van der Waals surface area contributed by atoms with Crippen molar-refractivity contribution in [3.05, 3.63) is 71.3 Å². The SMILES string of the molecule is O=C1c2ccccc2C(=O)N1CC1CCC(CCc2ccccc2)O1. The average Bonchev–Trinajstić information content (AvgIpc) is 3.20. The van der Waals surface area contributed by atoms with Crippen molar-refractivity contribution in [2.75, 3.05) is 6.54 Å². The molecular weight excluding hydrogens is 314 g/mol. The lowest BCUT2D eigenvalue weighted by atomic mass is 10.0. The van der Waals surface area contributed by atoms with Gasteiger partial charge in [-0.2, -0.15) is 0 Å². The summed E-state index contributed by atoms with van der Waals surface area (Å²) in [7, 11) is 0. The van der Waals surface area contributed by atoms with Crippen LogP contribution in [0.2, 0.25) is 0 Å². The second-order valence-electron chi connectivity index (χ2n) is 6.75. The van der Waals surface area contributed by atoms with E-state index in [4.69, 9.17) is 4.74 Å². The summed E-state index contributed by atoms with van der Waals surface area (Å²) in [4.78, 5) is 26.2. The minimum absolute atomic E-state index is 0.0528. The van der Waals surface area contributed by atoms with Crippen molar-refractivity contribution in [2.45, 2.75) is 37.9 Å². The van der Waals surface area contributed by atoms with Crippen LogP contribution in [0.25, 0.3) is 0 Å². The van der Waals surface area contributed by atoms with Gasteiger partial charge in [0.15, 0.2) is 0 Å². The molecule has 2 atom stereocenters. The van der Waals surface area contributed by atoms with E-state index in [1.165, 1.54) is 10.5 Å². The van der Waals surface area contributed by atoms with Gasteiger partial charge < -0.3 is 4.74 Å². The molecule has 0 aromatic heterocycles. The van der Waals surface area contributed by atoms with Crippen LogP contribution in [0.15, 0.2) is 54.6 Å². The quantitative estimate of drug-likeness (QED) is 0.786. The molecule has 2 aromatic carbocycles. The molecule has 25 heavy (non-hydrogen) atoms. The molecule has 2 heterocycles. The van der Waals surface area contributed by atoms with Crippen LogP contribution in [0.3, 0.4) is 0 Å². The number of imide groups is 1. The third-order valence-corrected chi connectivity index (χ3v) is 5.06. The fraction of sp³-hybridized carbons (Fsp3) is 0.333. The van der Waals surface area contributed by atoms with Gasteiger partial charge in [0.25, 0.3) is 11.8 Å². The van der Waals surface area contributed by atoms with Crippen molar-refractivity contribution in [3.8, 4) is 0 Å². The second kappa shape index (κ2) is 6.81. The molecule has 0 radical (unpaired) electrons. The van der Waals surface area contributed by atoms with Crippen LogP contribution in [-0.2, 0) is 11.2 Å². The molecular formula is C21H21NO3. The standard InChI is InChI=1S/C21H21NO3/c23-20-18-8-4-5-9-19(18)21(24)22(20)14-17-13-12-16(25-17)11-10-15-6-2-1-3-7-15/h1-9,16-17H,10-14H2. The molecule has 1 saturated heterocycles. The summed E-state index contributed by atoms with van der Waals surface area (Å²) >= 11 is 0. The van der Waals surface area contributed by atoms with Crippen molar-refractivity contribution >= 4 is 11.8 Å². The minimum atomic E-state index is -0.197. The lowest BCUT2D eigenvalue weighted by Crippen LogP contribution is -2.37. The first-order valence-corrected chi connectivity index (χ1v) is 8.87. The molecule has 1 fully saturated rings. The lowest BCUT2D eigenvalue weighted by molar-refractivity contribution is 0.0196. The zero-order chi connectivity index (χ0) is 17.2. The van der Waals surface area contributed by atoms with E-state index in [9.17, 15) is 9.59 Å². The smallest absolute Gasteiger partial charge is 0.261 e. The Morgan fingerprint density at radius 1 is 0.840 bits per heavy atom. The monoisotopic (exact) mass is 335 g/mol. The van der Waals surface area contributed by atoms with Crippen LogP contribution in [0.1, 0.15) is 45.5 Å². The van der Waals surface area contributed by atoms with Crippen LogP contribution in [0.5, 0.6) is 0 Å². The highest BCUT2D eigenvalue weighted by atomic mass is 16.5. The van der Waals surface area contributed by atoms with Gasteiger partial charge in [-0.05, 0) is 43.4 Å². The summed E-state index contributed by atoms with van der Waals surface area (Å²) < 4.78 is 6.09. The maximum absolute atomic E-state index is 12.4. The maximum Gasteiger partial charge on any atom is 0.261 e. The predicted molar refractivity (Wildman–Crippen MR) is 94.5 cm³/mol. The zero-order valence-corrected chi connectivity index (χ0v) is 14.1. The van der Waals surface area contributed by atoms with E-state index in [1.807, 2.05) is 6.07 Å². The van der Waals surface area contributed by atoms with Gasteiger partial charge in [0, 0.05) is 0 Å². The number of amides is 2. The Labute approximate surface area is 147 Å². The summed E-state index contributed by atoms with van der Waals surface area (Å²) in [5, 5.41) is 0. The average molecular weight is 335 g/mol. The summed E-state index contributed by atoms with van der Waals surface area (Å²) in [5.41, 5.74) is 2.33. The molecule has 2 aromatic rings. The minimum Gasteiger partial charge on any atom is -0.373 e. The first kappa shape index (κ1) is 16.0. The number of ether oxygens (including phenoxy) is 1. The van der Waals surface area contributed by atoms with E-state index >= 15 is 0 Å². The van der Waals surface area contributed by atoms with E-state index < -0.39 is 0 Å². The Morgan fingerprint density at radius 2 is 1.44 bits per heavy atom. The summed E-state index contributed by atoms with van der Waals surface area (Å²) in [6.45, 7) is 0.355. The number of benzene rings is 2. The molecule has 2 unspecified atom stereocenters. The third-order valence-electron chi connectivity index (χ3n) is 5.06. The zero-order valence-electron chi connectivity index (χ0n) is 14.1. The first-order chi connectivity index (χ1) is 12.2. The Balaban J connectivity index is 1.33. The number of fused-ring (bicyclic) bond motifs is 1. The highest BCUT2D eigenvalue weighted by Crippen LogP contribution is 2.28. The first-order valence-electron chi connectivity index (χ1n) is 8.87. The van der Waals surface area contributed by atoms with Crippen molar-refractivity contribution < 1.29 is 14.3 Å². The summed E-state index contributed by atoms with van der Waals surface area (Å²) in [6.07, 6.45) is 4.00. The normalized spacial score (nSPS) is 22.5. The lowest BCUT2D eigenvalue weighted by Gasteiger charge is -2.19. The third kappa shape index (κ3) is 3.22. The summed E-state index contributed by atoms with van der Waals surface area (Å²) in [6, 6.07) is 17.4. The van der Waals surface area contributed by atoms with E-state index in [0.29, 0.717) is 17.7 Å². The van der Waals surface area contributed by atoms with Crippen molar-refractivity contribution in [1.29, 1.82) is 0 Å². The molecule has 0 spiro atoms. The van der Waals surface area contributed by atoms with Crippen molar-refractivity contribution in [3.63, 3.8) is 0 Å². The largest absolute Gasteiger partial charge is 0.373 e. The molecule has 0 saturated carbocycles. The van der Waals surface area contributed by atoms with E-state index in [-0.39, 0.29) is 24.0 Å². The molecule has 4 nitrogen and oxygen atoms in total. The molecule has 2 aliphatic rings. The van der Waals surface area contributed by atoms with Gasteiger partial charge in [-0.1, -0.05) is 42.5 Å². The van der Waals surface area contributed by atoms with Crippen LogP contribution in [0, 0.1) is 0 Å². The highest BCUT2D eigenvalue weighted by Gasteiger charge is 2.38. The molecule has 0 N–H and O–H groups in total. The van der Waals surface area contributed by atoms with E-state index in [0.717, 1.165) is 25.7 Å². The molecule has 4 rings (SSSR count). The van der Waals surface area contributed by atoms with Crippen LogP contribution < -0.4 is 0 Å². The topological polar surface area (TPSA) is 46.6 Å². The Kier molecular flexibility index (Phi) is 4.36. The van der Waals surface area contributed by atoms with Crippen LogP contribution in [-0.4, -0.2) is 35.5 Å². The van der Waals surface area contributed by atoms with Gasteiger partial charge in [-0.25, -0.2) is 0 Å². The predicted octanol–water partition coefficient (Wildman–Crippen LogP) is 3.46. The van der Waals surface area contributed by atoms with E-state index in [2.05, 4.69) is 24.3 Å². The fourth-order valence-corrected chi connectivity index (χ4v) is 3.71. The molecule has 2 amide bonds. The van der Waals surface area contributed by atoms with Crippen LogP contribution in [0.4, 0.5) is 0 Å².